The van der Waals surface area contributed by atoms with Crippen LogP contribution in [0.2, 0.25) is 0 Å². The predicted octanol–water partition coefficient (Wildman–Crippen LogP) is 5.70. The minimum atomic E-state index is -4.45. The number of aliphatic hydroxyl groups excluding tert-OH is 1. The summed E-state index contributed by atoms with van der Waals surface area (Å²) < 4.78 is 41.0. The van der Waals surface area contributed by atoms with Crippen molar-refractivity contribution in [1.29, 1.82) is 0 Å². The van der Waals surface area contributed by atoms with Crippen LogP contribution in [-0.4, -0.2) is 63.4 Å². The van der Waals surface area contributed by atoms with Crippen LogP contribution in [0.1, 0.15) is 69.9 Å². The topological polar surface area (TPSA) is 99.5 Å². The third kappa shape index (κ3) is 10.3. The summed E-state index contributed by atoms with van der Waals surface area (Å²) in [4.78, 5) is 29.1. The van der Waals surface area contributed by atoms with E-state index in [1.165, 1.54) is 12.1 Å². The van der Waals surface area contributed by atoms with Crippen molar-refractivity contribution in [3.63, 3.8) is 0 Å². The molecule has 2 amide bonds. The summed E-state index contributed by atoms with van der Waals surface area (Å²) in [5.74, 6) is -0.767. The van der Waals surface area contributed by atoms with Gasteiger partial charge in [-0.2, -0.15) is 18.3 Å². The van der Waals surface area contributed by atoms with Gasteiger partial charge in [0.05, 0.1) is 24.3 Å². The van der Waals surface area contributed by atoms with E-state index in [0.29, 0.717) is 24.3 Å². The lowest BCUT2D eigenvalue weighted by molar-refractivity contribution is -0.137. The van der Waals surface area contributed by atoms with Crippen LogP contribution in [0.25, 0.3) is 0 Å². The summed E-state index contributed by atoms with van der Waals surface area (Å²) in [5, 5.41) is 21.7. The molecule has 11 heteroatoms. The number of rotatable bonds is 16. The second kappa shape index (κ2) is 16.9. The van der Waals surface area contributed by atoms with Gasteiger partial charge in [-0.25, -0.2) is 0 Å². The molecule has 250 valence electrons. The van der Waals surface area contributed by atoms with E-state index in [9.17, 15) is 27.9 Å². The molecule has 0 fully saturated rings. The summed E-state index contributed by atoms with van der Waals surface area (Å²) in [5.41, 5.74) is 1.79. The fraction of sp³-hybridized carbons (Fsp3) is 0.361. The molecule has 0 aliphatic heterocycles. The molecule has 0 bridgehead atoms. The fourth-order valence-corrected chi connectivity index (χ4v) is 5.35. The largest absolute Gasteiger partial charge is 0.416 e. The third-order valence-electron chi connectivity index (χ3n) is 7.70. The molecule has 0 saturated heterocycles. The van der Waals surface area contributed by atoms with Crippen molar-refractivity contribution in [2.45, 2.75) is 64.5 Å². The van der Waals surface area contributed by atoms with E-state index >= 15 is 0 Å². The number of halogens is 3. The monoisotopic (exact) mass is 649 g/mol. The Kier molecular flexibility index (Phi) is 12.7. The lowest BCUT2D eigenvalue weighted by Gasteiger charge is -2.24. The standard InChI is InChI=1S/C36H42F3N5O3/c1-3-18-43(19-4-2)35(47)32-22-31(42-44(32)25-27-14-9-6-10-15-27)34(46)41-30(21-26-12-7-5-8-13-26)33(45)24-40-23-28-16-11-17-29(20-28)36(37,38)39/h5-17,20,22,30,33,40,45H,3-4,18-19,21,23-25H2,1-2H3,(H,41,46)/t30-,33+/m0/s1. The van der Waals surface area contributed by atoms with Gasteiger partial charge in [-0.05, 0) is 42.0 Å². The second-order valence-corrected chi connectivity index (χ2v) is 11.5. The van der Waals surface area contributed by atoms with Crippen LogP contribution in [0.4, 0.5) is 13.2 Å². The van der Waals surface area contributed by atoms with Crippen molar-refractivity contribution >= 4 is 11.8 Å². The van der Waals surface area contributed by atoms with Crippen molar-refractivity contribution in [2.24, 2.45) is 0 Å². The highest BCUT2D eigenvalue weighted by molar-refractivity contribution is 5.98. The van der Waals surface area contributed by atoms with Crippen LogP contribution >= 0.6 is 0 Å². The number of hydrogen-bond donors (Lipinski definition) is 3. The number of benzene rings is 3. The smallest absolute Gasteiger partial charge is 0.390 e. The number of aromatic nitrogens is 2. The summed E-state index contributed by atoms with van der Waals surface area (Å²) in [6.45, 7) is 5.53. The highest BCUT2D eigenvalue weighted by Gasteiger charge is 2.30. The number of carbonyl (C=O) groups is 2. The van der Waals surface area contributed by atoms with Gasteiger partial charge in [-0.1, -0.05) is 92.7 Å². The van der Waals surface area contributed by atoms with Crippen LogP contribution in [0.5, 0.6) is 0 Å². The average Bonchev–Trinajstić information content (AvgIpc) is 3.48. The minimum absolute atomic E-state index is 0.00318. The number of carbonyl (C=O) groups excluding carboxylic acids is 2. The SMILES string of the molecule is CCCN(CCC)C(=O)c1cc(C(=O)N[C@@H](Cc2ccccc2)[C@H](O)CNCc2cccc(C(F)(F)F)c2)nn1Cc1ccccc1. The molecule has 3 aromatic carbocycles. The third-order valence-corrected chi connectivity index (χ3v) is 7.70. The zero-order valence-electron chi connectivity index (χ0n) is 26.7. The number of amides is 2. The summed E-state index contributed by atoms with van der Waals surface area (Å²) in [6.07, 6.45) is -3.69. The molecular weight excluding hydrogens is 607 g/mol. The molecule has 0 spiro atoms. The molecule has 4 rings (SSSR count). The van der Waals surface area contributed by atoms with Crippen LogP contribution in [0.15, 0.2) is 91.0 Å². The molecule has 1 aromatic heterocycles. The molecule has 2 atom stereocenters. The van der Waals surface area contributed by atoms with Crippen molar-refractivity contribution in [3.8, 4) is 0 Å². The van der Waals surface area contributed by atoms with E-state index in [0.717, 1.165) is 36.1 Å². The van der Waals surface area contributed by atoms with Crippen LogP contribution in [0.3, 0.4) is 0 Å². The van der Waals surface area contributed by atoms with Gasteiger partial charge in [0, 0.05) is 32.2 Å². The van der Waals surface area contributed by atoms with E-state index in [-0.39, 0.29) is 37.7 Å². The Hall–Kier alpha value is -4.48. The summed E-state index contributed by atoms with van der Waals surface area (Å²) in [6, 6.07) is 24.6. The van der Waals surface area contributed by atoms with Crippen molar-refractivity contribution < 1.29 is 27.9 Å². The van der Waals surface area contributed by atoms with E-state index in [4.69, 9.17) is 0 Å². The number of alkyl halides is 3. The van der Waals surface area contributed by atoms with E-state index in [2.05, 4.69) is 15.7 Å². The maximum atomic E-state index is 13.7. The van der Waals surface area contributed by atoms with Crippen molar-refractivity contribution in [1.82, 2.24) is 25.3 Å². The van der Waals surface area contributed by atoms with E-state index in [1.54, 1.807) is 15.6 Å². The van der Waals surface area contributed by atoms with Crippen molar-refractivity contribution in [3.05, 3.63) is 125 Å². The molecule has 0 aliphatic carbocycles. The molecule has 0 radical (unpaired) electrons. The maximum absolute atomic E-state index is 13.7. The molecule has 0 saturated carbocycles. The quantitative estimate of drug-likeness (QED) is 0.145. The Bertz CT molecular complexity index is 1570. The maximum Gasteiger partial charge on any atom is 0.416 e. The Morgan fingerprint density at radius 2 is 1.49 bits per heavy atom. The number of nitrogens with one attached hydrogen (secondary N) is 2. The highest BCUT2D eigenvalue weighted by atomic mass is 19.4. The number of nitrogens with zero attached hydrogens (tertiary/aromatic N) is 3. The number of aliphatic hydroxyl groups is 1. The molecule has 47 heavy (non-hydrogen) atoms. The first kappa shape index (κ1) is 35.4. The molecule has 0 unspecified atom stereocenters. The lowest BCUT2D eigenvalue weighted by atomic mass is 10.0. The Morgan fingerprint density at radius 3 is 2.11 bits per heavy atom. The van der Waals surface area contributed by atoms with Crippen LogP contribution in [0, 0.1) is 0 Å². The lowest BCUT2D eigenvalue weighted by Crippen LogP contribution is -2.48. The summed E-state index contributed by atoms with van der Waals surface area (Å²) in [7, 11) is 0. The Morgan fingerprint density at radius 1 is 0.872 bits per heavy atom. The average molecular weight is 650 g/mol. The van der Waals surface area contributed by atoms with Gasteiger partial charge in [0.25, 0.3) is 11.8 Å². The predicted molar refractivity (Wildman–Crippen MR) is 175 cm³/mol. The van der Waals surface area contributed by atoms with E-state index < -0.39 is 29.8 Å². The van der Waals surface area contributed by atoms with Gasteiger partial charge in [0.1, 0.15) is 5.69 Å². The molecule has 3 N–H and O–H groups in total. The zero-order chi connectivity index (χ0) is 33.8. The molecular formula is C36H42F3N5O3. The minimum Gasteiger partial charge on any atom is -0.390 e. The van der Waals surface area contributed by atoms with Gasteiger partial charge in [0.2, 0.25) is 0 Å². The molecule has 0 aliphatic rings. The highest BCUT2D eigenvalue weighted by Crippen LogP contribution is 2.29. The Balaban J connectivity index is 1.54. The van der Waals surface area contributed by atoms with Crippen molar-refractivity contribution in [2.75, 3.05) is 19.6 Å². The van der Waals surface area contributed by atoms with Gasteiger partial charge < -0.3 is 20.6 Å². The van der Waals surface area contributed by atoms with Crippen LogP contribution < -0.4 is 10.6 Å². The molecule has 8 nitrogen and oxygen atoms in total. The van der Waals surface area contributed by atoms with Gasteiger partial charge in [-0.15, -0.1) is 0 Å². The molecule has 4 aromatic rings. The van der Waals surface area contributed by atoms with Gasteiger partial charge in [0.15, 0.2) is 5.69 Å². The fourth-order valence-electron chi connectivity index (χ4n) is 5.35. The van der Waals surface area contributed by atoms with Gasteiger partial charge in [-0.3, -0.25) is 14.3 Å². The zero-order valence-corrected chi connectivity index (χ0v) is 26.7. The molecule has 1 heterocycles. The Labute approximate surface area is 273 Å². The second-order valence-electron chi connectivity index (χ2n) is 11.5. The normalized spacial score (nSPS) is 12.8. The summed E-state index contributed by atoms with van der Waals surface area (Å²) >= 11 is 0. The van der Waals surface area contributed by atoms with Gasteiger partial charge >= 0.3 is 6.18 Å². The first-order chi connectivity index (χ1) is 22.6. The van der Waals surface area contributed by atoms with Crippen LogP contribution in [-0.2, 0) is 25.7 Å². The van der Waals surface area contributed by atoms with E-state index in [1.807, 2.05) is 74.5 Å². The first-order valence-electron chi connectivity index (χ1n) is 15.9. The first-order valence-corrected chi connectivity index (χ1v) is 15.9. The number of hydrogen-bond acceptors (Lipinski definition) is 5.